The van der Waals surface area contributed by atoms with Crippen LogP contribution in [0.15, 0.2) is 89.1 Å². The van der Waals surface area contributed by atoms with Crippen LogP contribution < -0.4 is 5.56 Å². The molecule has 4 aromatic rings. The van der Waals surface area contributed by atoms with Crippen LogP contribution in [0.2, 0.25) is 0 Å². The Hall–Kier alpha value is -3.69. The van der Waals surface area contributed by atoms with Gasteiger partial charge in [-0.05, 0) is 42.2 Å². The summed E-state index contributed by atoms with van der Waals surface area (Å²) in [5, 5.41) is 10.5. The molecule has 0 aliphatic heterocycles. The van der Waals surface area contributed by atoms with E-state index in [1.807, 2.05) is 42.5 Å². The topological polar surface area (TPSA) is 71.6 Å². The lowest BCUT2D eigenvalue weighted by molar-refractivity contribution is 0.965. The number of hydrogen-bond acceptors (Lipinski definition) is 5. The number of rotatable bonds is 5. The standard InChI is InChI=1S/C24H18N4OS/c1-2-30-22-11-10-18(16-27-22)28-14-12-20(21-9-5-6-13-26-21)23(24(28)29)19-8-4-3-7-17(19)15-25/h3-14,16H,2H2,1H3. The van der Waals surface area contributed by atoms with Crippen LogP contribution in [0.25, 0.3) is 28.1 Å². The van der Waals surface area contributed by atoms with Gasteiger partial charge in [-0.2, -0.15) is 5.26 Å². The van der Waals surface area contributed by atoms with Gasteiger partial charge in [0.1, 0.15) is 0 Å². The molecular formula is C24H18N4OS. The highest BCUT2D eigenvalue weighted by Crippen LogP contribution is 2.30. The molecule has 0 radical (unpaired) electrons. The first-order valence-electron chi connectivity index (χ1n) is 9.48. The molecular weight excluding hydrogens is 392 g/mol. The molecule has 0 N–H and O–H groups in total. The maximum atomic E-state index is 13.6. The summed E-state index contributed by atoms with van der Waals surface area (Å²) in [5.74, 6) is 0.931. The zero-order valence-corrected chi connectivity index (χ0v) is 17.1. The Morgan fingerprint density at radius 2 is 1.83 bits per heavy atom. The number of hydrogen-bond donors (Lipinski definition) is 0. The van der Waals surface area contributed by atoms with Crippen LogP contribution in [0, 0.1) is 11.3 Å². The Bertz CT molecular complexity index is 1280. The first-order chi connectivity index (χ1) is 14.7. The van der Waals surface area contributed by atoms with Crippen molar-refractivity contribution in [1.82, 2.24) is 14.5 Å². The van der Waals surface area contributed by atoms with Crippen LogP contribution in [-0.2, 0) is 0 Å². The van der Waals surface area contributed by atoms with E-state index in [4.69, 9.17) is 0 Å². The molecule has 3 heterocycles. The SMILES string of the molecule is CCSc1ccc(-n2ccc(-c3ccccn3)c(-c3ccccc3C#N)c2=O)cn1. The fourth-order valence-electron chi connectivity index (χ4n) is 3.28. The minimum atomic E-state index is -0.224. The average molecular weight is 411 g/mol. The monoisotopic (exact) mass is 410 g/mol. The molecule has 6 heteroatoms. The lowest BCUT2D eigenvalue weighted by Crippen LogP contribution is -2.21. The van der Waals surface area contributed by atoms with E-state index in [0.717, 1.165) is 10.8 Å². The Kier molecular flexibility index (Phi) is 5.73. The van der Waals surface area contributed by atoms with Gasteiger partial charge in [0.05, 0.1) is 39.8 Å². The van der Waals surface area contributed by atoms with Gasteiger partial charge in [-0.3, -0.25) is 14.3 Å². The number of benzene rings is 1. The fraction of sp³-hybridized carbons (Fsp3) is 0.0833. The molecule has 146 valence electrons. The molecule has 0 aliphatic carbocycles. The minimum absolute atomic E-state index is 0.224. The third kappa shape index (κ3) is 3.76. The Balaban J connectivity index is 1.96. The van der Waals surface area contributed by atoms with E-state index in [1.54, 1.807) is 53.1 Å². The summed E-state index contributed by atoms with van der Waals surface area (Å²) in [4.78, 5) is 22.5. The third-order valence-corrected chi connectivity index (χ3v) is 5.47. The molecule has 0 saturated heterocycles. The molecule has 5 nitrogen and oxygen atoms in total. The third-order valence-electron chi connectivity index (χ3n) is 4.64. The molecule has 0 unspecified atom stereocenters. The largest absolute Gasteiger partial charge is 0.282 e. The van der Waals surface area contributed by atoms with Crippen LogP contribution in [0.3, 0.4) is 0 Å². The quantitative estimate of drug-likeness (QED) is 0.436. The lowest BCUT2D eigenvalue weighted by atomic mass is 9.95. The summed E-state index contributed by atoms with van der Waals surface area (Å²) in [6.45, 7) is 2.07. The first-order valence-corrected chi connectivity index (χ1v) is 10.5. The number of nitrogens with zero attached hydrogens (tertiary/aromatic N) is 4. The second-order valence-corrected chi connectivity index (χ2v) is 7.72. The van der Waals surface area contributed by atoms with E-state index in [9.17, 15) is 10.1 Å². The van der Waals surface area contributed by atoms with Gasteiger partial charge >= 0.3 is 0 Å². The molecule has 0 amide bonds. The Morgan fingerprint density at radius 3 is 2.53 bits per heavy atom. The average Bonchev–Trinajstić information content (AvgIpc) is 2.80. The Labute approximate surface area is 178 Å². The second kappa shape index (κ2) is 8.76. The van der Waals surface area contributed by atoms with Crippen LogP contribution in [-0.4, -0.2) is 20.3 Å². The Morgan fingerprint density at radius 1 is 1.00 bits per heavy atom. The fourth-order valence-corrected chi connectivity index (χ4v) is 3.87. The molecule has 30 heavy (non-hydrogen) atoms. The van der Waals surface area contributed by atoms with Gasteiger partial charge in [0.25, 0.3) is 5.56 Å². The van der Waals surface area contributed by atoms with Crippen molar-refractivity contribution in [2.24, 2.45) is 0 Å². The van der Waals surface area contributed by atoms with E-state index in [1.165, 1.54) is 0 Å². The molecule has 1 aromatic carbocycles. The maximum Gasteiger partial charge on any atom is 0.263 e. The van der Waals surface area contributed by atoms with Crippen molar-refractivity contribution in [3.05, 3.63) is 95.2 Å². The van der Waals surface area contributed by atoms with Crippen molar-refractivity contribution in [1.29, 1.82) is 5.26 Å². The van der Waals surface area contributed by atoms with Crippen molar-refractivity contribution in [3.8, 4) is 34.1 Å². The van der Waals surface area contributed by atoms with Gasteiger partial charge in [-0.15, -0.1) is 11.8 Å². The molecule has 0 saturated carbocycles. The number of aromatic nitrogens is 3. The van der Waals surface area contributed by atoms with E-state index in [2.05, 4.69) is 23.0 Å². The summed E-state index contributed by atoms with van der Waals surface area (Å²) < 4.78 is 1.56. The highest BCUT2D eigenvalue weighted by molar-refractivity contribution is 7.99. The van der Waals surface area contributed by atoms with Crippen LogP contribution in [0.4, 0.5) is 0 Å². The summed E-state index contributed by atoms with van der Waals surface area (Å²) in [7, 11) is 0. The number of pyridine rings is 3. The number of nitriles is 1. The molecule has 0 fully saturated rings. The summed E-state index contributed by atoms with van der Waals surface area (Å²) in [6, 6.07) is 20.5. The normalized spacial score (nSPS) is 10.5. The maximum absolute atomic E-state index is 13.6. The van der Waals surface area contributed by atoms with Gasteiger partial charge < -0.3 is 0 Å². The van der Waals surface area contributed by atoms with Crippen molar-refractivity contribution in [2.75, 3.05) is 5.75 Å². The lowest BCUT2D eigenvalue weighted by Gasteiger charge is -2.14. The molecule has 0 aliphatic rings. The van der Waals surface area contributed by atoms with Crippen molar-refractivity contribution in [2.45, 2.75) is 11.9 Å². The minimum Gasteiger partial charge on any atom is -0.282 e. The zero-order chi connectivity index (χ0) is 20.9. The number of thioether (sulfide) groups is 1. The van der Waals surface area contributed by atoms with Gasteiger partial charge in [-0.25, -0.2) is 4.98 Å². The van der Waals surface area contributed by atoms with Gasteiger partial charge in [0.2, 0.25) is 0 Å². The molecule has 3 aromatic heterocycles. The highest BCUT2D eigenvalue weighted by atomic mass is 32.2. The summed E-state index contributed by atoms with van der Waals surface area (Å²) in [5.41, 5.74) is 3.29. The van der Waals surface area contributed by atoms with Gasteiger partial charge in [0.15, 0.2) is 0 Å². The van der Waals surface area contributed by atoms with E-state index >= 15 is 0 Å². The molecule has 0 spiro atoms. The summed E-state index contributed by atoms with van der Waals surface area (Å²) >= 11 is 1.65. The smallest absolute Gasteiger partial charge is 0.263 e. The first kappa shape index (κ1) is 19.6. The van der Waals surface area contributed by atoms with Crippen molar-refractivity contribution in [3.63, 3.8) is 0 Å². The predicted molar refractivity (Wildman–Crippen MR) is 120 cm³/mol. The van der Waals surface area contributed by atoms with Crippen LogP contribution in [0.5, 0.6) is 0 Å². The van der Waals surface area contributed by atoms with E-state index in [0.29, 0.717) is 33.6 Å². The van der Waals surface area contributed by atoms with Crippen LogP contribution >= 0.6 is 11.8 Å². The molecule has 0 bridgehead atoms. The summed E-state index contributed by atoms with van der Waals surface area (Å²) in [6.07, 6.45) is 5.11. The predicted octanol–water partition coefficient (Wildman–Crippen LogP) is 4.95. The van der Waals surface area contributed by atoms with E-state index in [-0.39, 0.29) is 5.56 Å². The van der Waals surface area contributed by atoms with Gasteiger partial charge in [-0.1, -0.05) is 31.2 Å². The highest BCUT2D eigenvalue weighted by Gasteiger charge is 2.18. The van der Waals surface area contributed by atoms with Crippen molar-refractivity contribution < 1.29 is 0 Å². The zero-order valence-electron chi connectivity index (χ0n) is 16.3. The van der Waals surface area contributed by atoms with Gasteiger partial charge in [0, 0.05) is 23.5 Å². The second-order valence-electron chi connectivity index (χ2n) is 6.44. The molecule has 4 rings (SSSR count). The van der Waals surface area contributed by atoms with E-state index < -0.39 is 0 Å². The van der Waals surface area contributed by atoms with Crippen molar-refractivity contribution >= 4 is 11.8 Å². The molecule has 0 atom stereocenters. The van der Waals surface area contributed by atoms with Crippen LogP contribution in [0.1, 0.15) is 12.5 Å².